The summed E-state index contributed by atoms with van der Waals surface area (Å²) >= 11 is 0. The van der Waals surface area contributed by atoms with Crippen LogP contribution in [0.5, 0.6) is 0 Å². The molecule has 18 heavy (non-hydrogen) atoms. The van der Waals surface area contributed by atoms with E-state index in [4.69, 9.17) is 10.8 Å². The molecule has 0 aliphatic rings. The SMILES string of the molecule is NCC(NCCCCO)c1ccc(C(F)F)cc1. The van der Waals surface area contributed by atoms with Crippen molar-refractivity contribution in [2.45, 2.75) is 25.3 Å². The number of aliphatic hydroxyl groups excluding tert-OH is 1. The van der Waals surface area contributed by atoms with Crippen molar-refractivity contribution in [3.8, 4) is 0 Å². The predicted molar refractivity (Wildman–Crippen MR) is 67.5 cm³/mol. The van der Waals surface area contributed by atoms with Crippen molar-refractivity contribution in [1.29, 1.82) is 0 Å². The summed E-state index contributed by atoms with van der Waals surface area (Å²) in [5.74, 6) is 0. The lowest BCUT2D eigenvalue weighted by Gasteiger charge is -2.17. The van der Waals surface area contributed by atoms with Crippen LogP contribution in [0.25, 0.3) is 0 Å². The van der Waals surface area contributed by atoms with E-state index in [0.717, 1.165) is 24.9 Å². The van der Waals surface area contributed by atoms with Crippen LogP contribution in [0.1, 0.15) is 36.4 Å². The van der Waals surface area contributed by atoms with Crippen molar-refractivity contribution in [2.24, 2.45) is 5.73 Å². The third kappa shape index (κ3) is 4.68. The van der Waals surface area contributed by atoms with Gasteiger partial charge >= 0.3 is 0 Å². The van der Waals surface area contributed by atoms with Crippen LogP contribution in [0.15, 0.2) is 24.3 Å². The third-order valence-corrected chi connectivity index (χ3v) is 2.80. The summed E-state index contributed by atoms with van der Waals surface area (Å²) < 4.78 is 24.8. The van der Waals surface area contributed by atoms with E-state index in [2.05, 4.69) is 5.32 Å². The zero-order valence-corrected chi connectivity index (χ0v) is 10.3. The van der Waals surface area contributed by atoms with Crippen molar-refractivity contribution in [1.82, 2.24) is 5.32 Å². The second-order valence-electron chi connectivity index (χ2n) is 4.14. The number of unbranched alkanes of at least 4 members (excludes halogenated alkanes) is 1. The van der Waals surface area contributed by atoms with E-state index >= 15 is 0 Å². The second kappa shape index (κ2) is 8.13. The summed E-state index contributed by atoms with van der Waals surface area (Å²) in [5.41, 5.74) is 6.59. The fraction of sp³-hybridized carbons (Fsp3) is 0.538. The van der Waals surface area contributed by atoms with Gasteiger partial charge in [-0.2, -0.15) is 0 Å². The minimum atomic E-state index is -2.44. The fourth-order valence-corrected chi connectivity index (χ4v) is 1.72. The third-order valence-electron chi connectivity index (χ3n) is 2.80. The van der Waals surface area contributed by atoms with Gasteiger partial charge < -0.3 is 16.2 Å². The molecule has 0 amide bonds. The van der Waals surface area contributed by atoms with Crippen LogP contribution in [-0.4, -0.2) is 24.8 Å². The maximum Gasteiger partial charge on any atom is 0.263 e. The number of hydrogen-bond acceptors (Lipinski definition) is 3. The monoisotopic (exact) mass is 258 g/mol. The van der Waals surface area contributed by atoms with Gasteiger partial charge in [0.25, 0.3) is 6.43 Å². The Labute approximate surface area is 106 Å². The molecule has 0 bridgehead atoms. The number of rotatable bonds is 8. The Balaban J connectivity index is 2.53. The smallest absolute Gasteiger partial charge is 0.263 e. The standard InChI is InChI=1S/C13H20F2N2O/c14-13(15)11-5-3-10(4-6-11)12(9-16)17-7-1-2-8-18/h3-6,12-13,17-18H,1-2,7-9,16H2. The van der Waals surface area contributed by atoms with Crippen LogP contribution in [0.3, 0.4) is 0 Å². The van der Waals surface area contributed by atoms with E-state index in [-0.39, 0.29) is 18.2 Å². The molecule has 0 radical (unpaired) electrons. The molecule has 4 N–H and O–H groups in total. The molecule has 5 heteroatoms. The van der Waals surface area contributed by atoms with Gasteiger partial charge in [-0.05, 0) is 24.9 Å². The molecule has 0 saturated carbocycles. The highest BCUT2D eigenvalue weighted by molar-refractivity contribution is 5.26. The van der Waals surface area contributed by atoms with E-state index in [1.807, 2.05) is 0 Å². The van der Waals surface area contributed by atoms with Gasteiger partial charge in [0.1, 0.15) is 0 Å². The lowest BCUT2D eigenvalue weighted by Crippen LogP contribution is -2.29. The zero-order chi connectivity index (χ0) is 13.4. The predicted octanol–water partition coefficient (Wildman–Crippen LogP) is 1.99. The van der Waals surface area contributed by atoms with Crippen LogP contribution in [0, 0.1) is 0 Å². The Morgan fingerprint density at radius 2 is 1.72 bits per heavy atom. The topological polar surface area (TPSA) is 58.3 Å². The van der Waals surface area contributed by atoms with Crippen LogP contribution in [-0.2, 0) is 0 Å². The molecular weight excluding hydrogens is 238 g/mol. The normalized spacial score (nSPS) is 12.9. The molecule has 102 valence electrons. The number of halogens is 2. The molecule has 0 heterocycles. The van der Waals surface area contributed by atoms with Crippen LogP contribution >= 0.6 is 0 Å². The number of nitrogens with one attached hydrogen (secondary N) is 1. The van der Waals surface area contributed by atoms with Gasteiger partial charge in [-0.3, -0.25) is 0 Å². The average Bonchev–Trinajstić information content (AvgIpc) is 2.39. The minimum Gasteiger partial charge on any atom is -0.396 e. The Morgan fingerprint density at radius 1 is 1.11 bits per heavy atom. The number of nitrogens with two attached hydrogens (primary N) is 1. The van der Waals surface area contributed by atoms with E-state index in [1.165, 1.54) is 12.1 Å². The lowest BCUT2D eigenvalue weighted by atomic mass is 10.0. The first-order valence-electron chi connectivity index (χ1n) is 6.11. The van der Waals surface area contributed by atoms with Crippen molar-refractivity contribution in [3.05, 3.63) is 35.4 Å². The van der Waals surface area contributed by atoms with E-state index in [9.17, 15) is 8.78 Å². The maximum atomic E-state index is 12.4. The highest BCUT2D eigenvalue weighted by Gasteiger charge is 2.11. The zero-order valence-electron chi connectivity index (χ0n) is 10.3. The van der Waals surface area contributed by atoms with Gasteiger partial charge in [-0.1, -0.05) is 24.3 Å². The van der Waals surface area contributed by atoms with Gasteiger partial charge in [0.15, 0.2) is 0 Å². The highest BCUT2D eigenvalue weighted by Crippen LogP contribution is 2.21. The molecule has 0 aliphatic heterocycles. The lowest BCUT2D eigenvalue weighted by molar-refractivity contribution is 0.151. The summed E-state index contributed by atoms with van der Waals surface area (Å²) in [6, 6.07) is 6.18. The highest BCUT2D eigenvalue weighted by atomic mass is 19.3. The van der Waals surface area contributed by atoms with Crippen LogP contribution < -0.4 is 11.1 Å². The van der Waals surface area contributed by atoms with Gasteiger partial charge in [0.2, 0.25) is 0 Å². The first-order chi connectivity index (χ1) is 8.69. The molecule has 1 atom stereocenters. The molecule has 3 nitrogen and oxygen atoms in total. The summed E-state index contributed by atoms with van der Waals surface area (Å²) in [4.78, 5) is 0. The summed E-state index contributed by atoms with van der Waals surface area (Å²) in [7, 11) is 0. The van der Waals surface area contributed by atoms with Crippen molar-refractivity contribution in [3.63, 3.8) is 0 Å². The second-order valence-corrected chi connectivity index (χ2v) is 4.14. The Hall–Kier alpha value is -1.04. The van der Waals surface area contributed by atoms with Crippen LogP contribution in [0.4, 0.5) is 8.78 Å². The summed E-state index contributed by atoms with van der Waals surface area (Å²) in [6.45, 7) is 1.34. The van der Waals surface area contributed by atoms with E-state index in [0.29, 0.717) is 6.54 Å². The summed E-state index contributed by atoms with van der Waals surface area (Å²) in [6.07, 6.45) is -0.829. The molecule has 0 aromatic heterocycles. The average molecular weight is 258 g/mol. The fourth-order valence-electron chi connectivity index (χ4n) is 1.72. The van der Waals surface area contributed by atoms with Crippen molar-refractivity contribution < 1.29 is 13.9 Å². The number of aliphatic hydroxyl groups is 1. The Morgan fingerprint density at radius 3 is 2.22 bits per heavy atom. The van der Waals surface area contributed by atoms with Gasteiger partial charge in [0, 0.05) is 24.8 Å². The van der Waals surface area contributed by atoms with E-state index < -0.39 is 6.43 Å². The molecule has 0 fully saturated rings. The van der Waals surface area contributed by atoms with Crippen molar-refractivity contribution >= 4 is 0 Å². The Kier molecular flexibility index (Phi) is 6.78. The summed E-state index contributed by atoms with van der Waals surface area (Å²) in [5, 5.41) is 11.9. The van der Waals surface area contributed by atoms with E-state index in [1.54, 1.807) is 12.1 Å². The molecular formula is C13H20F2N2O. The molecule has 0 spiro atoms. The molecule has 1 aromatic rings. The van der Waals surface area contributed by atoms with Crippen molar-refractivity contribution in [2.75, 3.05) is 19.7 Å². The molecule has 1 aromatic carbocycles. The molecule has 1 unspecified atom stereocenters. The molecule has 0 aliphatic carbocycles. The van der Waals surface area contributed by atoms with Gasteiger partial charge in [0.05, 0.1) is 0 Å². The number of hydrogen-bond donors (Lipinski definition) is 3. The maximum absolute atomic E-state index is 12.4. The molecule has 0 saturated heterocycles. The quantitative estimate of drug-likeness (QED) is 0.625. The minimum absolute atomic E-state index is 0.0230. The Bertz CT molecular complexity index is 330. The first-order valence-corrected chi connectivity index (χ1v) is 6.11. The van der Waals surface area contributed by atoms with Crippen LogP contribution in [0.2, 0.25) is 0 Å². The van der Waals surface area contributed by atoms with Gasteiger partial charge in [-0.15, -0.1) is 0 Å². The number of benzene rings is 1. The number of alkyl halides is 2. The first kappa shape index (κ1) is 15.0. The largest absolute Gasteiger partial charge is 0.396 e. The van der Waals surface area contributed by atoms with Gasteiger partial charge in [-0.25, -0.2) is 8.78 Å². The molecule has 1 rings (SSSR count).